The number of esters is 2. The van der Waals surface area contributed by atoms with Crippen LogP contribution in [0.2, 0.25) is 0 Å². The topological polar surface area (TPSA) is 424 Å². The Bertz CT molecular complexity index is 2550. The first-order valence-electron chi connectivity index (χ1n) is 29.9. The van der Waals surface area contributed by atoms with Gasteiger partial charge in [-0.2, -0.15) is 0 Å². The highest BCUT2D eigenvalue weighted by molar-refractivity contribution is 5.87. The minimum absolute atomic E-state index is 0.112. The molecule has 0 radical (unpaired) electrons. The van der Waals surface area contributed by atoms with Crippen molar-refractivity contribution in [3.63, 3.8) is 0 Å². The number of hydrogen-bond acceptors (Lipinski definition) is 26. The zero-order valence-electron chi connectivity index (χ0n) is 50.0. The maximum Gasteiger partial charge on any atom is 0.335 e. The fraction of sp³-hybridized carbons (Fsp3) is 0.864. The van der Waals surface area contributed by atoms with Crippen molar-refractivity contribution < 1.29 is 133 Å². The van der Waals surface area contributed by atoms with Crippen LogP contribution in [-0.2, 0) is 66.5 Å². The molecule has 0 aromatic carbocycles. The summed E-state index contributed by atoms with van der Waals surface area (Å²) in [5.74, 6) is -4.24. The first-order valence-corrected chi connectivity index (χ1v) is 29.9. The number of fused-ring (bicyclic) bond motifs is 7. The maximum absolute atomic E-state index is 14.2. The van der Waals surface area contributed by atoms with E-state index < -0.39 is 224 Å². The van der Waals surface area contributed by atoms with Gasteiger partial charge in [0.15, 0.2) is 37.6 Å². The molecule has 27 heteroatoms. The molecule has 13 N–H and O–H groups in total. The van der Waals surface area contributed by atoms with E-state index in [2.05, 4.69) is 26.8 Å². The van der Waals surface area contributed by atoms with E-state index in [-0.39, 0.29) is 18.8 Å². The molecule has 9 aliphatic rings. The summed E-state index contributed by atoms with van der Waals surface area (Å²) in [5.41, 5.74) is -4.42. The third-order valence-electron chi connectivity index (χ3n) is 22.2. The lowest BCUT2D eigenvalue weighted by molar-refractivity contribution is -0.405. The number of rotatable bonds is 15. The van der Waals surface area contributed by atoms with Crippen molar-refractivity contribution in [1.82, 2.24) is 0 Å². The number of ether oxygens (including phenoxy) is 10. The van der Waals surface area contributed by atoms with Crippen LogP contribution >= 0.6 is 0 Å². The third kappa shape index (κ3) is 11.0. The summed E-state index contributed by atoms with van der Waals surface area (Å²) >= 11 is 0. The van der Waals surface area contributed by atoms with Gasteiger partial charge in [-0.15, -0.1) is 0 Å². The molecule has 86 heavy (non-hydrogen) atoms. The largest absolute Gasteiger partial charge is 0.479 e. The highest BCUT2D eigenvalue weighted by atomic mass is 16.8. The van der Waals surface area contributed by atoms with Gasteiger partial charge in [0.25, 0.3) is 0 Å². The van der Waals surface area contributed by atoms with Crippen LogP contribution in [-0.4, -0.2) is 246 Å². The zero-order chi connectivity index (χ0) is 63.3. The molecule has 8 fully saturated rings. The fourth-order valence-corrected chi connectivity index (χ4v) is 17.0. The normalized spacial score (nSPS) is 51.1. The first kappa shape index (κ1) is 67.2. The molecule has 488 valence electrons. The minimum Gasteiger partial charge on any atom is -0.479 e. The van der Waals surface area contributed by atoms with Crippen molar-refractivity contribution in [3.05, 3.63) is 23.3 Å². The quantitative estimate of drug-likeness (QED) is 0.0287. The number of aliphatic hydroxyl groups excluding tert-OH is 12. The van der Waals surface area contributed by atoms with Crippen LogP contribution in [0.1, 0.15) is 114 Å². The van der Waals surface area contributed by atoms with Crippen LogP contribution in [0.4, 0.5) is 0 Å². The lowest BCUT2D eigenvalue weighted by atomic mass is 9.33. The molecule has 9 rings (SSSR count). The van der Waals surface area contributed by atoms with E-state index in [1.165, 1.54) is 6.92 Å². The number of carbonyl (C=O) groups excluding carboxylic acids is 3. The number of aldehydes is 1. The second kappa shape index (κ2) is 24.8. The molecule has 4 saturated heterocycles. The number of carboxylic acid groups (broad SMARTS) is 1. The van der Waals surface area contributed by atoms with Crippen LogP contribution in [0.5, 0.6) is 0 Å². The standard InChI is InChI=1S/C59H90O27/c1-10-24(2)48(75)85-45-46(78-25(3)63)59(23-62)27(18-54(45,4)5)26-11-12-33-55(6)15-14-35(56(7,22-61)32(55)13-16-57(33,8)58(26,9)19-34(59)66)81-53-44(84-52-40(71)38(69)37(68)31(20-60)80-52)42(41(72)43(83-53)47(73)74)82-50-30(17-28(64)49(76)86-50)79-51-39(70)36(67)29(65)21-77-51/h10-11,22,27-46,49-53,60,62,64-72,76H,12-21,23H2,1-9H3,(H,73,74)/b24-10+/t27-,28+,29+,30+,31+,32+,33+,34+,35-,36-,37-,38-,39+,40+,41-,42-,43-,44+,45-,46-,49-,50+,51-,52-,53+,55-,56-,57+,58+,59-/m0/s1. The molecule has 0 amide bonds. The molecule has 4 saturated carbocycles. The highest BCUT2D eigenvalue weighted by Gasteiger charge is 2.74. The van der Waals surface area contributed by atoms with Crippen molar-refractivity contribution in [2.45, 2.75) is 249 Å². The summed E-state index contributed by atoms with van der Waals surface area (Å²) in [6, 6.07) is 0. The minimum atomic E-state index is -2.28. The Hall–Kier alpha value is -3.24. The lowest BCUT2D eigenvalue weighted by Gasteiger charge is -2.72. The number of allylic oxidation sites excluding steroid dienone is 3. The lowest BCUT2D eigenvalue weighted by Crippen LogP contribution is -2.72. The molecule has 0 unspecified atom stereocenters. The molecule has 4 heterocycles. The number of aliphatic hydroxyl groups is 12. The number of hydrogen-bond donors (Lipinski definition) is 13. The summed E-state index contributed by atoms with van der Waals surface area (Å²) in [6.45, 7) is 14.5. The van der Waals surface area contributed by atoms with Gasteiger partial charge in [0, 0.05) is 24.3 Å². The van der Waals surface area contributed by atoms with E-state index >= 15 is 0 Å². The van der Waals surface area contributed by atoms with Crippen molar-refractivity contribution >= 4 is 24.2 Å². The second-order valence-electron chi connectivity index (χ2n) is 27.3. The van der Waals surface area contributed by atoms with Gasteiger partial charge >= 0.3 is 17.9 Å². The number of carboxylic acids is 1. The average molecular weight is 1230 g/mol. The molecule has 0 spiro atoms. The molecule has 0 aromatic rings. The van der Waals surface area contributed by atoms with Gasteiger partial charge in [-0.1, -0.05) is 59.3 Å². The molecule has 4 aliphatic heterocycles. The summed E-state index contributed by atoms with van der Waals surface area (Å²) in [6.07, 6.45) is -32.5. The summed E-state index contributed by atoms with van der Waals surface area (Å²) < 4.78 is 60.4. The molecule has 27 nitrogen and oxygen atoms in total. The SMILES string of the molecule is C/C=C(\C)C(=O)O[C@H]1[C@H](OC(C)=O)[C@]2(CO)[C@H](O)C[C@]3(C)C(=CC[C@@H]4[C@@]5(C)CC[C@H](O[C@@H]6O[C@H](C(=O)O)[C@@H](O)[C@H](O[C@@H]7O[C@H](O)[C@H](O)C[C@H]7O[C@@H]7OC[C@@H](O)[C@H](O)[C@H]7O)[C@H]6O[C@@H]6O[C@H](CO)[C@H](O)[C@H](O)[C@H]6O)[C@@](C)(C=O)[C@@H]5CC[C@]43C)[C@@H]2CC1(C)C. The summed E-state index contributed by atoms with van der Waals surface area (Å²) in [7, 11) is 0. The van der Waals surface area contributed by atoms with E-state index in [1.807, 2.05) is 13.8 Å². The first-order chi connectivity index (χ1) is 40.2. The smallest absolute Gasteiger partial charge is 0.335 e. The molecule has 0 aromatic heterocycles. The fourth-order valence-electron chi connectivity index (χ4n) is 17.0. The van der Waals surface area contributed by atoms with E-state index in [0.717, 1.165) is 11.9 Å². The summed E-state index contributed by atoms with van der Waals surface area (Å²) in [4.78, 5) is 53.8. The van der Waals surface area contributed by atoms with Crippen LogP contribution in [0.3, 0.4) is 0 Å². The number of carbonyl (C=O) groups is 4. The van der Waals surface area contributed by atoms with Crippen LogP contribution < -0.4 is 0 Å². The zero-order valence-corrected chi connectivity index (χ0v) is 50.0. The van der Waals surface area contributed by atoms with Crippen molar-refractivity contribution in [2.24, 2.45) is 50.2 Å². The summed E-state index contributed by atoms with van der Waals surface area (Å²) in [5, 5.41) is 143. The Morgan fingerprint density at radius 1 is 0.698 bits per heavy atom. The highest BCUT2D eigenvalue weighted by Crippen LogP contribution is 2.76. The van der Waals surface area contributed by atoms with Gasteiger partial charge in [-0.05, 0) is 92.8 Å². The predicted molar refractivity (Wildman–Crippen MR) is 288 cm³/mol. The Balaban J connectivity index is 1.05. The average Bonchev–Trinajstić information content (AvgIpc) is 0.672. The van der Waals surface area contributed by atoms with E-state index in [0.29, 0.717) is 37.7 Å². The Labute approximate surface area is 498 Å². The van der Waals surface area contributed by atoms with Gasteiger partial charge < -0.3 is 119 Å². The van der Waals surface area contributed by atoms with Crippen molar-refractivity contribution in [1.29, 1.82) is 0 Å². The van der Waals surface area contributed by atoms with Gasteiger partial charge in [0.1, 0.15) is 91.7 Å². The molecular formula is C59H90O27. The Kier molecular flexibility index (Phi) is 19.3. The predicted octanol–water partition coefficient (Wildman–Crippen LogP) is -1.66. The third-order valence-corrected chi connectivity index (χ3v) is 22.2. The van der Waals surface area contributed by atoms with Crippen molar-refractivity contribution in [3.8, 4) is 0 Å². The van der Waals surface area contributed by atoms with E-state index in [4.69, 9.17) is 47.4 Å². The monoisotopic (exact) mass is 1230 g/mol. The molecule has 5 aliphatic carbocycles. The van der Waals surface area contributed by atoms with Crippen LogP contribution in [0.15, 0.2) is 23.3 Å². The second-order valence-corrected chi connectivity index (χ2v) is 27.3. The van der Waals surface area contributed by atoms with Crippen molar-refractivity contribution in [2.75, 3.05) is 19.8 Å². The van der Waals surface area contributed by atoms with Gasteiger partial charge in [0.2, 0.25) is 0 Å². The van der Waals surface area contributed by atoms with Gasteiger partial charge in [-0.3, -0.25) is 4.79 Å². The van der Waals surface area contributed by atoms with Gasteiger partial charge in [0.05, 0.1) is 42.9 Å². The molecule has 30 atom stereocenters. The van der Waals surface area contributed by atoms with E-state index in [1.54, 1.807) is 26.8 Å². The molecule has 0 bridgehead atoms. The molecular weight excluding hydrogens is 1140 g/mol. The van der Waals surface area contributed by atoms with Crippen LogP contribution in [0, 0.1) is 50.2 Å². The number of aliphatic carboxylic acids is 1. The van der Waals surface area contributed by atoms with Gasteiger partial charge in [-0.25, -0.2) is 9.59 Å². The maximum atomic E-state index is 14.2. The van der Waals surface area contributed by atoms with E-state index in [9.17, 15) is 85.6 Å². The van der Waals surface area contributed by atoms with Crippen LogP contribution in [0.25, 0.3) is 0 Å². The Morgan fingerprint density at radius 2 is 1.37 bits per heavy atom. The Morgan fingerprint density at radius 3 is 2.00 bits per heavy atom.